The lowest BCUT2D eigenvalue weighted by Gasteiger charge is -2.36. The van der Waals surface area contributed by atoms with Gasteiger partial charge in [0.05, 0.1) is 0 Å². The predicted molar refractivity (Wildman–Crippen MR) is 77.5 cm³/mol. The highest BCUT2D eigenvalue weighted by molar-refractivity contribution is 5.77. The summed E-state index contributed by atoms with van der Waals surface area (Å²) in [5, 5.41) is 0. The first kappa shape index (κ1) is 15.1. The van der Waals surface area contributed by atoms with E-state index in [4.69, 9.17) is 0 Å². The molecular formula is C14H26N4O2. The van der Waals surface area contributed by atoms with E-state index in [0.717, 1.165) is 19.6 Å². The standard InChI is InChI=1S/C14H26N4O2/c1-15(2)14(20)18-11-9-17(10-12-18)13(19)5-8-16-6-3-4-7-16/h3-12H2,1-2H3. The number of carbonyl (C=O) groups excluding carboxylic acids is 2. The molecule has 2 rings (SSSR count). The normalized spacial score (nSPS) is 20.3. The van der Waals surface area contributed by atoms with Crippen LogP contribution in [0.3, 0.4) is 0 Å². The first-order valence-electron chi connectivity index (χ1n) is 7.54. The Balaban J connectivity index is 1.70. The van der Waals surface area contributed by atoms with Gasteiger partial charge in [-0.3, -0.25) is 4.79 Å². The number of carbonyl (C=O) groups is 2. The molecule has 0 bridgehead atoms. The number of hydrogen-bond donors (Lipinski definition) is 0. The molecule has 0 atom stereocenters. The van der Waals surface area contributed by atoms with Gasteiger partial charge in [0.25, 0.3) is 0 Å². The third kappa shape index (κ3) is 3.85. The Kier molecular flexibility index (Phi) is 5.23. The largest absolute Gasteiger partial charge is 0.339 e. The molecule has 2 heterocycles. The van der Waals surface area contributed by atoms with E-state index in [0.29, 0.717) is 32.6 Å². The molecule has 6 heteroatoms. The minimum Gasteiger partial charge on any atom is -0.339 e. The van der Waals surface area contributed by atoms with Crippen LogP contribution in [-0.2, 0) is 4.79 Å². The van der Waals surface area contributed by atoms with E-state index in [1.807, 2.05) is 9.80 Å². The molecule has 0 spiro atoms. The van der Waals surface area contributed by atoms with E-state index >= 15 is 0 Å². The number of piperazine rings is 1. The Morgan fingerprint density at radius 1 is 0.900 bits per heavy atom. The fraction of sp³-hybridized carbons (Fsp3) is 0.857. The van der Waals surface area contributed by atoms with Crippen molar-refractivity contribution in [2.75, 3.05) is 59.9 Å². The second-order valence-corrected chi connectivity index (χ2v) is 5.84. The number of nitrogens with zero attached hydrogens (tertiary/aromatic N) is 4. The maximum absolute atomic E-state index is 12.2. The van der Waals surface area contributed by atoms with Gasteiger partial charge in [-0.15, -0.1) is 0 Å². The van der Waals surface area contributed by atoms with Crippen molar-refractivity contribution in [3.63, 3.8) is 0 Å². The molecule has 0 aromatic heterocycles. The molecule has 114 valence electrons. The fourth-order valence-corrected chi connectivity index (χ4v) is 2.85. The third-order valence-electron chi connectivity index (χ3n) is 4.13. The summed E-state index contributed by atoms with van der Waals surface area (Å²) in [6.45, 7) is 5.78. The average molecular weight is 282 g/mol. The zero-order chi connectivity index (χ0) is 14.5. The molecule has 0 aliphatic carbocycles. The summed E-state index contributed by atoms with van der Waals surface area (Å²) in [5.74, 6) is 0.230. The van der Waals surface area contributed by atoms with Crippen LogP contribution in [0.1, 0.15) is 19.3 Å². The van der Waals surface area contributed by atoms with Gasteiger partial charge in [-0.1, -0.05) is 0 Å². The summed E-state index contributed by atoms with van der Waals surface area (Å²) in [6.07, 6.45) is 3.14. The Morgan fingerprint density at radius 3 is 2.00 bits per heavy atom. The van der Waals surface area contributed by atoms with Crippen molar-refractivity contribution in [1.29, 1.82) is 0 Å². The van der Waals surface area contributed by atoms with Crippen LogP contribution < -0.4 is 0 Å². The number of urea groups is 1. The second-order valence-electron chi connectivity index (χ2n) is 5.84. The van der Waals surface area contributed by atoms with E-state index in [1.54, 1.807) is 19.0 Å². The Hall–Kier alpha value is -1.30. The van der Waals surface area contributed by atoms with Gasteiger partial charge in [0.15, 0.2) is 0 Å². The van der Waals surface area contributed by atoms with Gasteiger partial charge in [0.2, 0.25) is 5.91 Å². The van der Waals surface area contributed by atoms with Gasteiger partial charge in [-0.05, 0) is 25.9 Å². The third-order valence-corrected chi connectivity index (χ3v) is 4.13. The molecule has 2 aliphatic heterocycles. The molecule has 0 aromatic rings. The van der Waals surface area contributed by atoms with Gasteiger partial charge in [-0.25, -0.2) is 4.79 Å². The molecule has 0 aromatic carbocycles. The lowest BCUT2D eigenvalue weighted by molar-refractivity contribution is -0.132. The summed E-state index contributed by atoms with van der Waals surface area (Å²) in [5.41, 5.74) is 0. The van der Waals surface area contributed by atoms with Crippen molar-refractivity contribution >= 4 is 11.9 Å². The van der Waals surface area contributed by atoms with Crippen LogP contribution in [-0.4, -0.2) is 91.4 Å². The topological polar surface area (TPSA) is 47.1 Å². The van der Waals surface area contributed by atoms with Crippen LogP contribution in [0, 0.1) is 0 Å². The monoisotopic (exact) mass is 282 g/mol. The van der Waals surface area contributed by atoms with Crippen LogP contribution in [0.15, 0.2) is 0 Å². The van der Waals surface area contributed by atoms with E-state index in [-0.39, 0.29) is 11.9 Å². The molecule has 0 N–H and O–H groups in total. The molecule has 20 heavy (non-hydrogen) atoms. The van der Waals surface area contributed by atoms with E-state index in [9.17, 15) is 9.59 Å². The highest BCUT2D eigenvalue weighted by Gasteiger charge is 2.25. The first-order valence-corrected chi connectivity index (χ1v) is 7.54. The molecule has 2 saturated heterocycles. The van der Waals surface area contributed by atoms with Crippen molar-refractivity contribution in [3.05, 3.63) is 0 Å². The van der Waals surface area contributed by atoms with Crippen LogP contribution in [0.4, 0.5) is 4.79 Å². The molecule has 6 nitrogen and oxygen atoms in total. The average Bonchev–Trinajstić information content (AvgIpc) is 2.97. The molecule has 3 amide bonds. The molecule has 0 radical (unpaired) electrons. The molecule has 0 unspecified atom stereocenters. The van der Waals surface area contributed by atoms with E-state index in [2.05, 4.69) is 4.90 Å². The van der Waals surface area contributed by atoms with Gasteiger partial charge in [0, 0.05) is 53.2 Å². The summed E-state index contributed by atoms with van der Waals surface area (Å²) < 4.78 is 0. The predicted octanol–water partition coefficient (Wildman–Crippen LogP) is 0.298. The lowest BCUT2D eigenvalue weighted by atomic mass is 10.2. The molecule has 2 aliphatic rings. The van der Waals surface area contributed by atoms with Crippen molar-refractivity contribution in [2.45, 2.75) is 19.3 Å². The SMILES string of the molecule is CN(C)C(=O)N1CCN(C(=O)CCN2CCCC2)CC1. The summed E-state index contributed by atoms with van der Waals surface area (Å²) >= 11 is 0. The van der Waals surface area contributed by atoms with Crippen molar-refractivity contribution < 1.29 is 9.59 Å². The minimum atomic E-state index is 0.0363. The smallest absolute Gasteiger partial charge is 0.319 e. The van der Waals surface area contributed by atoms with Crippen molar-refractivity contribution in [2.24, 2.45) is 0 Å². The van der Waals surface area contributed by atoms with Crippen LogP contribution >= 0.6 is 0 Å². The van der Waals surface area contributed by atoms with Crippen LogP contribution in [0.25, 0.3) is 0 Å². The first-order chi connectivity index (χ1) is 9.58. The number of amides is 3. The van der Waals surface area contributed by atoms with Gasteiger partial charge in [-0.2, -0.15) is 0 Å². The molecule has 0 saturated carbocycles. The van der Waals surface area contributed by atoms with Gasteiger partial charge >= 0.3 is 6.03 Å². The highest BCUT2D eigenvalue weighted by Crippen LogP contribution is 2.10. The molecular weight excluding hydrogens is 256 g/mol. The van der Waals surface area contributed by atoms with Gasteiger partial charge in [0.1, 0.15) is 0 Å². The van der Waals surface area contributed by atoms with Crippen molar-refractivity contribution in [3.8, 4) is 0 Å². The number of hydrogen-bond acceptors (Lipinski definition) is 3. The second kappa shape index (κ2) is 6.92. The summed E-state index contributed by atoms with van der Waals surface area (Å²) in [6, 6.07) is 0.0363. The fourth-order valence-electron chi connectivity index (χ4n) is 2.85. The molecule has 2 fully saturated rings. The lowest BCUT2D eigenvalue weighted by Crippen LogP contribution is -2.53. The highest BCUT2D eigenvalue weighted by atomic mass is 16.2. The number of likely N-dealkylation sites (tertiary alicyclic amines) is 1. The Labute approximate surface area is 121 Å². The van der Waals surface area contributed by atoms with Crippen LogP contribution in [0.2, 0.25) is 0 Å². The summed E-state index contributed by atoms with van der Waals surface area (Å²) in [4.78, 5) is 31.6. The maximum atomic E-state index is 12.2. The maximum Gasteiger partial charge on any atom is 0.319 e. The van der Waals surface area contributed by atoms with Crippen molar-refractivity contribution in [1.82, 2.24) is 19.6 Å². The zero-order valence-electron chi connectivity index (χ0n) is 12.7. The summed E-state index contributed by atoms with van der Waals surface area (Å²) in [7, 11) is 3.52. The van der Waals surface area contributed by atoms with E-state index < -0.39 is 0 Å². The van der Waals surface area contributed by atoms with Crippen LogP contribution in [0.5, 0.6) is 0 Å². The van der Waals surface area contributed by atoms with E-state index in [1.165, 1.54) is 12.8 Å². The number of rotatable bonds is 3. The Bertz CT molecular complexity index is 345. The minimum absolute atomic E-state index is 0.0363. The quantitative estimate of drug-likeness (QED) is 0.748. The Morgan fingerprint density at radius 2 is 1.45 bits per heavy atom. The van der Waals surface area contributed by atoms with Gasteiger partial charge < -0.3 is 19.6 Å². The zero-order valence-corrected chi connectivity index (χ0v) is 12.7.